The van der Waals surface area contributed by atoms with E-state index in [-0.39, 0.29) is 12.4 Å². The average Bonchev–Trinajstić information content (AvgIpc) is 2.61. The first-order valence-corrected chi connectivity index (χ1v) is 4.84. The van der Waals surface area contributed by atoms with Crippen molar-refractivity contribution >= 4 is 24.0 Å². The first-order valence-electron chi connectivity index (χ1n) is 4.46. The number of hydrogen-bond acceptors (Lipinski definition) is 2. The highest BCUT2D eigenvalue weighted by Gasteiger charge is 2.19. The van der Waals surface area contributed by atoms with Gasteiger partial charge in [-0.3, -0.25) is 0 Å². The van der Waals surface area contributed by atoms with Crippen LogP contribution in [0.5, 0.6) is 5.75 Å². The van der Waals surface area contributed by atoms with Crippen molar-refractivity contribution in [2.45, 2.75) is 12.3 Å². The second kappa shape index (κ2) is 4.87. The van der Waals surface area contributed by atoms with E-state index in [0.29, 0.717) is 16.7 Å². The molecule has 1 aromatic rings. The normalized spacial score (nSPS) is 20.5. The molecule has 1 atom stereocenters. The Balaban J connectivity index is 0.000000980. The van der Waals surface area contributed by atoms with Crippen LogP contribution in [0.25, 0.3) is 0 Å². The van der Waals surface area contributed by atoms with Crippen molar-refractivity contribution in [2.75, 3.05) is 13.1 Å². The zero-order chi connectivity index (χ0) is 9.26. The van der Waals surface area contributed by atoms with E-state index >= 15 is 0 Å². The summed E-state index contributed by atoms with van der Waals surface area (Å²) in [5.41, 5.74) is 0.970. The molecule has 1 heterocycles. The van der Waals surface area contributed by atoms with Gasteiger partial charge in [0.15, 0.2) is 0 Å². The fraction of sp³-hybridized carbons (Fsp3) is 0.400. The SMILES string of the molecule is Cl.Oc1ccc(Cl)cc1C1CCNC1. The van der Waals surface area contributed by atoms with Crippen molar-refractivity contribution in [3.63, 3.8) is 0 Å². The molecular weight excluding hydrogens is 221 g/mol. The van der Waals surface area contributed by atoms with Gasteiger partial charge < -0.3 is 10.4 Å². The molecule has 2 N–H and O–H groups in total. The van der Waals surface area contributed by atoms with Gasteiger partial charge in [-0.2, -0.15) is 0 Å². The average molecular weight is 234 g/mol. The third-order valence-corrected chi connectivity index (χ3v) is 2.72. The van der Waals surface area contributed by atoms with Crippen molar-refractivity contribution < 1.29 is 5.11 Å². The third-order valence-electron chi connectivity index (χ3n) is 2.49. The molecule has 1 saturated heterocycles. The molecule has 0 bridgehead atoms. The Kier molecular flexibility index (Phi) is 4.05. The first kappa shape index (κ1) is 11.6. The molecule has 0 spiro atoms. The molecule has 0 aliphatic carbocycles. The lowest BCUT2D eigenvalue weighted by Crippen LogP contribution is -2.07. The van der Waals surface area contributed by atoms with Crippen molar-refractivity contribution in [3.8, 4) is 5.75 Å². The Morgan fingerprint density at radius 1 is 1.43 bits per heavy atom. The molecular formula is C10H13Cl2NO. The second-order valence-corrected chi connectivity index (χ2v) is 3.83. The molecule has 2 rings (SSSR count). The number of phenolic OH excluding ortho intramolecular Hbond substituents is 1. The molecule has 78 valence electrons. The summed E-state index contributed by atoms with van der Waals surface area (Å²) in [6, 6.07) is 5.23. The molecule has 1 aliphatic heterocycles. The summed E-state index contributed by atoms with van der Waals surface area (Å²) in [7, 11) is 0. The van der Waals surface area contributed by atoms with Gasteiger partial charge in [0, 0.05) is 17.5 Å². The Hall–Kier alpha value is -0.440. The predicted octanol–water partition coefficient (Wildman–Crippen LogP) is 2.54. The maximum absolute atomic E-state index is 9.61. The van der Waals surface area contributed by atoms with Gasteiger partial charge in [-0.15, -0.1) is 12.4 Å². The van der Waals surface area contributed by atoms with Gasteiger partial charge in [-0.05, 0) is 36.7 Å². The molecule has 1 aromatic carbocycles. The number of hydrogen-bond donors (Lipinski definition) is 2. The smallest absolute Gasteiger partial charge is 0.119 e. The van der Waals surface area contributed by atoms with Crippen molar-refractivity contribution in [3.05, 3.63) is 28.8 Å². The topological polar surface area (TPSA) is 32.3 Å². The minimum absolute atomic E-state index is 0. The molecule has 0 saturated carbocycles. The highest BCUT2D eigenvalue weighted by Crippen LogP contribution is 2.31. The van der Waals surface area contributed by atoms with Crippen LogP contribution in [0.1, 0.15) is 17.9 Å². The zero-order valence-corrected chi connectivity index (χ0v) is 9.24. The highest BCUT2D eigenvalue weighted by molar-refractivity contribution is 6.30. The third kappa shape index (κ3) is 2.32. The number of phenols is 1. The van der Waals surface area contributed by atoms with Gasteiger partial charge in [0.05, 0.1) is 0 Å². The summed E-state index contributed by atoms with van der Waals surface area (Å²) in [5.74, 6) is 0.775. The monoisotopic (exact) mass is 233 g/mol. The minimum atomic E-state index is 0. The number of aromatic hydroxyl groups is 1. The lowest BCUT2D eigenvalue weighted by Gasteiger charge is -2.10. The van der Waals surface area contributed by atoms with Crippen molar-refractivity contribution in [1.29, 1.82) is 0 Å². The fourth-order valence-electron chi connectivity index (χ4n) is 1.77. The van der Waals surface area contributed by atoms with Crippen LogP contribution in [-0.2, 0) is 0 Å². The molecule has 1 fully saturated rings. The van der Waals surface area contributed by atoms with Gasteiger partial charge >= 0.3 is 0 Å². The van der Waals surface area contributed by atoms with Crippen LogP contribution < -0.4 is 5.32 Å². The largest absolute Gasteiger partial charge is 0.508 e. The Labute approximate surface area is 94.7 Å². The number of nitrogens with one attached hydrogen (secondary N) is 1. The summed E-state index contributed by atoms with van der Waals surface area (Å²) in [6.07, 6.45) is 1.08. The standard InChI is InChI=1S/C10H12ClNO.ClH/c11-8-1-2-10(13)9(5-8)7-3-4-12-6-7;/h1-2,5,7,12-13H,3-4,6H2;1H. The molecule has 0 aromatic heterocycles. The maximum atomic E-state index is 9.61. The van der Waals surface area contributed by atoms with Gasteiger partial charge in [-0.1, -0.05) is 11.6 Å². The quantitative estimate of drug-likeness (QED) is 0.782. The van der Waals surface area contributed by atoms with E-state index in [1.807, 2.05) is 6.07 Å². The van der Waals surface area contributed by atoms with Gasteiger partial charge in [0.1, 0.15) is 5.75 Å². The van der Waals surface area contributed by atoms with Crippen LogP contribution >= 0.6 is 24.0 Å². The molecule has 2 nitrogen and oxygen atoms in total. The summed E-state index contributed by atoms with van der Waals surface area (Å²) in [4.78, 5) is 0. The van der Waals surface area contributed by atoms with Crippen LogP contribution in [0, 0.1) is 0 Å². The van der Waals surface area contributed by atoms with E-state index in [4.69, 9.17) is 11.6 Å². The van der Waals surface area contributed by atoms with E-state index in [0.717, 1.165) is 25.1 Å². The van der Waals surface area contributed by atoms with Crippen molar-refractivity contribution in [1.82, 2.24) is 5.32 Å². The lowest BCUT2D eigenvalue weighted by molar-refractivity contribution is 0.463. The molecule has 1 aliphatic rings. The molecule has 14 heavy (non-hydrogen) atoms. The van der Waals surface area contributed by atoms with E-state index in [2.05, 4.69) is 5.32 Å². The summed E-state index contributed by atoms with van der Waals surface area (Å²) < 4.78 is 0. The molecule has 0 amide bonds. The van der Waals surface area contributed by atoms with Crippen LogP contribution in [0.3, 0.4) is 0 Å². The maximum Gasteiger partial charge on any atom is 0.119 e. The first-order chi connectivity index (χ1) is 6.27. The minimum Gasteiger partial charge on any atom is -0.508 e. The van der Waals surface area contributed by atoms with Gasteiger partial charge in [0.25, 0.3) is 0 Å². The number of halogens is 2. The number of benzene rings is 1. The summed E-state index contributed by atoms with van der Waals surface area (Å²) in [6.45, 7) is 1.96. The Morgan fingerprint density at radius 3 is 2.86 bits per heavy atom. The fourth-order valence-corrected chi connectivity index (χ4v) is 1.95. The van der Waals surface area contributed by atoms with Gasteiger partial charge in [0.2, 0.25) is 0 Å². The van der Waals surface area contributed by atoms with E-state index < -0.39 is 0 Å². The van der Waals surface area contributed by atoms with Crippen LogP contribution in [0.2, 0.25) is 5.02 Å². The summed E-state index contributed by atoms with van der Waals surface area (Å²) in [5, 5.41) is 13.6. The molecule has 4 heteroatoms. The predicted molar refractivity (Wildman–Crippen MR) is 60.6 cm³/mol. The van der Waals surface area contributed by atoms with Crippen molar-refractivity contribution in [2.24, 2.45) is 0 Å². The second-order valence-electron chi connectivity index (χ2n) is 3.39. The van der Waals surface area contributed by atoms with Crippen LogP contribution in [-0.4, -0.2) is 18.2 Å². The lowest BCUT2D eigenvalue weighted by atomic mass is 9.98. The zero-order valence-electron chi connectivity index (χ0n) is 7.66. The van der Waals surface area contributed by atoms with Crippen LogP contribution in [0.15, 0.2) is 18.2 Å². The van der Waals surface area contributed by atoms with Gasteiger partial charge in [-0.25, -0.2) is 0 Å². The van der Waals surface area contributed by atoms with E-state index in [9.17, 15) is 5.11 Å². The van der Waals surface area contributed by atoms with Crippen LogP contribution in [0.4, 0.5) is 0 Å². The summed E-state index contributed by atoms with van der Waals surface area (Å²) >= 11 is 5.86. The molecule has 0 radical (unpaired) electrons. The Bertz CT molecular complexity index is 311. The molecule has 1 unspecified atom stereocenters. The van der Waals surface area contributed by atoms with E-state index in [1.54, 1.807) is 12.1 Å². The van der Waals surface area contributed by atoms with E-state index in [1.165, 1.54) is 0 Å². The number of rotatable bonds is 1. The highest BCUT2D eigenvalue weighted by atomic mass is 35.5. The Morgan fingerprint density at radius 2 is 2.21 bits per heavy atom.